The second-order valence-electron chi connectivity index (χ2n) is 5.07. The summed E-state index contributed by atoms with van der Waals surface area (Å²) >= 11 is 1.65. The van der Waals surface area contributed by atoms with Gasteiger partial charge < -0.3 is 5.32 Å². The van der Waals surface area contributed by atoms with Crippen LogP contribution in [0.3, 0.4) is 0 Å². The van der Waals surface area contributed by atoms with Crippen molar-refractivity contribution < 1.29 is 4.79 Å². The van der Waals surface area contributed by atoms with Crippen LogP contribution in [0.1, 0.15) is 15.9 Å². The molecule has 3 rings (SSSR count). The third kappa shape index (κ3) is 4.02. The summed E-state index contributed by atoms with van der Waals surface area (Å²) in [7, 11) is 0. The van der Waals surface area contributed by atoms with Crippen LogP contribution in [0.15, 0.2) is 71.8 Å². The minimum absolute atomic E-state index is 0.150. The third-order valence-electron chi connectivity index (χ3n) is 3.42. The average Bonchev–Trinajstić information content (AvgIpc) is 3.02. The molecule has 1 amide bonds. The molecule has 0 saturated carbocycles. The van der Waals surface area contributed by atoms with Crippen molar-refractivity contribution in [1.82, 2.24) is 9.78 Å². The maximum Gasteiger partial charge on any atom is 0.256 e. The molecule has 0 bridgehead atoms. The lowest BCUT2D eigenvalue weighted by atomic mass is 10.2. The largest absolute Gasteiger partial charge is 0.305 e. The van der Waals surface area contributed by atoms with E-state index in [1.54, 1.807) is 17.8 Å². The molecular formula is C18H17N3OS. The van der Waals surface area contributed by atoms with Crippen molar-refractivity contribution in [3.05, 3.63) is 78.0 Å². The number of benzene rings is 2. The molecular weight excluding hydrogens is 306 g/mol. The second-order valence-corrected chi connectivity index (χ2v) is 5.95. The van der Waals surface area contributed by atoms with Gasteiger partial charge in [0, 0.05) is 22.7 Å². The number of nitrogens with zero attached hydrogens (tertiary/aromatic N) is 2. The van der Waals surface area contributed by atoms with Crippen molar-refractivity contribution in [1.29, 1.82) is 0 Å². The zero-order valence-electron chi connectivity index (χ0n) is 12.8. The van der Waals surface area contributed by atoms with Gasteiger partial charge in [-0.05, 0) is 36.1 Å². The zero-order valence-corrected chi connectivity index (χ0v) is 13.6. The lowest BCUT2D eigenvalue weighted by Crippen LogP contribution is -2.12. The van der Waals surface area contributed by atoms with E-state index in [2.05, 4.69) is 10.4 Å². The van der Waals surface area contributed by atoms with Crippen LogP contribution in [0.2, 0.25) is 0 Å². The third-order valence-corrected chi connectivity index (χ3v) is 4.17. The zero-order chi connectivity index (χ0) is 16.1. The number of amides is 1. The molecule has 1 N–H and O–H groups in total. The quantitative estimate of drug-likeness (QED) is 0.724. The van der Waals surface area contributed by atoms with Gasteiger partial charge in [-0.15, -0.1) is 11.8 Å². The maximum absolute atomic E-state index is 12.2. The molecule has 4 nitrogen and oxygen atoms in total. The van der Waals surface area contributed by atoms with Gasteiger partial charge >= 0.3 is 0 Å². The van der Waals surface area contributed by atoms with E-state index in [-0.39, 0.29) is 5.91 Å². The SMILES string of the molecule is CSc1ccc(C(=O)Nc2ccn(Cc3ccccc3)n2)cc1. The summed E-state index contributed by atoms with van der Waals surface area (Å²) in [6, 6.07) is 19.4. The highest BCUT2D eigenvalue weighted by atomic mass is 32.2. The van der Waals surface area contributed by atoms with Crippen LogP contribution in [0, 0.1) is 0 Å². The predicted molar refractivity (Wildman–Crippen MR) is 93.9 cm³/mol. The highest BCUT2D eigenvalue weighted by Crippen LogP contribution is 2.15. The number of aromatic nitrogens is 2. The summed E-state index contributed by atoms with van der Waals surface area (Å²) in [5.74, 6) is 0.405. The number of nitrogens with one attached hydrogen (secondary N) is 1. The number of carbonyl (C=O) groups is 1. The van der Waals surface area contributed by atoms with Crippen molar-refractivity contribution >= 4 is 23.5 Å². The van der Waals surface area contributed by atoms with Crippen LogP contribution in [-0.2, 0) is 6.54 Å². The van der Waals surface area contributed by atoms with E-state index < -0.39 is 0 Å². The van der Waals surface area contributed by atoms with Crippen LogP contribution in [0.25, 0.3) is 0 Å². The van der Waals surface area contributed by atoms with Crippen molar-refractivity contribution in [3.8, 4) is 0 Å². The van der Waals surface area contributed by atoms with Crippen LogP contribution >= 0.6 is 11.8 Å². The van der Waals surface area contributed by atoms with Crippen LogP contribution in [0.5, 0.6) is 0 Å². The number of hydrogen-bond donors (Lipinski definition) is 1. The summed E-state index contributed by atoms with van der Waals surface area (Å²) in [6.07, 6.45) is 3.87. The average molecular weight is 323 g/mol. The summed E-state index contributed by atoms with van der Waals surface area (Å²) in [6.45, 7) is 0.680. The summed E-state index contributed by atoms with van der Waals surface area (Å²) in [5, 5.41) is 7.21. The van der Waals surface area contributed by atoms with E-state index >= 15 is 0 Å². The monoisotopic (exact) mass is 323 g/mol. The molecule has 1 heterocycles. The Hall–Kier alpha value is -2.53. The molecule has 0 radical (unpaired) electrons. The van der Waals surface area contributed by atoms with Gasteiger partial charge in [0.2, 0.25) is 0 Å². The number of hydrogen-bond acceptors (Lipinski definition) is 3. The molecule has 0 saturated heterocycles. The molecule has 2 aromatic carbocycles. The van der Waals surface area contributed by atoms with Gasteiger partial charge in [-0.25, -0.2) is 0 Å². The summed E-state index contributed by atoms with van der Waals surface area (Å²) < 4.78 is 1.81. The van der Waals surface area contributed by atoms with Crippen molar-refractivity contribution in [2.24, 2.45) is 0 Å². The Morgan fingerprint density at radius 3 is 2.52 bits per heavy atom. The Morgan fingerprint density at radius 1 is 1.09 bits per heavy atom. The standard InChI is InChI=1S/C18H17N3OS/c1-23-16-9-7-15(8-10-16)18(22)19-17-11-12-21(20-17)13-14-5-3-2-4-6-14/h2-12H,13H2,1H3,(H,19,20,22). The molecule has 116 valence electrons. The van der Waals surface area contributed by atoms with Gasteiger partial charge in [-0.3, -0.25) is 9.48 Å². The molecule has 0 fully saturated rings. The molecule has 0 unspecified atom stereocenters. The second kappa shape index (κ2) is 7.15. The Balaban J connectivity index is 1.65. The Kier molecular flexibility index (Phi) is 4.78. The van der Waals surface area contributed by atoms with Gasteiger partial charge in [0.05, 0.1) is 6.54 Å². The molecule has 0 spiro atoms. The fourth-order valence-corrected chi connectivity index (χ4v) is 2.63. The molecule has 0 aliphatic rings. The fourth-order valence-electron chi connectivity index (χ4n) is 2.22. The minimum atomic E-state index is -0.150. The van der Waals surface area contributed by atoms with Gasteiger partial charge in [0.1, 0.15) is 0 Å². The van der Waals surface area contributed by atoms with E-state index in [4.69, 9.17) is 0 Å². The highest BCUT2D eigenvalue weighted by molar-refractivity contribution is 7.98. The van der Waals surface area contributed by atoms with E-state index in [1.165, 1.54) is 5.56 Å². The molecule has 23 heavy (non-hydrogen) atoms. The lowest BCUT2D eigenvalue weighted by Gasteiger charge is -2.04. The smallest absolute Gasteiger partial charge is 0.256 e. The van der Waals surface area contributed by atoms with E-state index in [0.717, 1.165) is 4.90 Å². The van der Waals surface area contributed by atoms with E-state index in [1.807, 2.05) is 71.7 Å². The van der Waals surface area contributed by atoms with Crippen LogP contribution < -0.4 is 5.32 Å². The number of thioether (sulfide) groups is 1. The fraction of sp³-hybridized carbons (Fsp3) is 0.111. The minimum Gasteiger partial charge on any atom is -0.305 e. The molecule has 0 aliphatic carbocycles. The first kappa shape index (κ1) is 15.4. The Morgan fingerprint density at radius 2 is 1.83 bits per heavy atom. The Labute approximate surface area is 139 Å². The van der Waals surface area contributed by atoms with Gasteiger partial charge in [0.25, 0.3) is 5.91 Å². The van der Waals surface area contributed by atoms with Crippen molar-refractivity contribution in [2.75, 3.05) is 11.6 Å². The predicted octanol–water partition coefficient (Wildman–Crippen LogP) is 3.91. The first-order chi connectivity index (χ1) is 11.2. The van der Waals surface area contributed by atoms with Gasteiger partial charge in [-0.2, -0.15) is 5.10 Å². The van der Waals surface area contributed by atoms with Crippen LogP contribution in [0.4, 0.5) is 5.82 Å². The summed E-state index contributed by atoms with van der Waals surface area (Å²) in [5.41, 5.74) is 1.79. The van der Waals surface area contributed by atoms with Crippen LogP contribution in [-0.4, -0.2) is 21.9 Å². The molecule has 5 heteroatoms. The topological polar surface area (TPSA) is 46.9 Å². The molecule has 0 atom stereocenters. The lowest BCUT2D eigenvalue weighted by molar-refractivity contribution is 0.102. The summed E-state index contributed by atoms with van der Waals surface area (Å²) in [4.78, 5) is 13.3. The Bertz CT molecular complexity index is 782. The molecule has 0 aliphatic heterocycles. The van der Waals surface area contributed by atoms with E-state index in [0.29, 0.717) is 17.9 Å². The molecule has 1 aromatic heterocycles. The number of anilines is 1. The van der Waals surface area contributed by atoms with Gasteiger partial charge in [-0.1, -0.05) is 30.3 Å². The number of rotatable bonds is 5. The van der Waals surface area contributed by atoms with Crippen molar-refractivity contribution in [3.63, 3.8) is 0 Å². The maximum atomic E-state index is 12.2. The van der Waals surface area contributed by atoms with E-state index in [9.17, 15) is 4.79 Å². The highest BCUT2D eigenvalue weighted by Gasteiger charge is 2.08. The number of carbonyl (C=O) groups excluding carboxylic acids is 1. The van der Waals surface area contributed by atoms with Gasteiger partial charge in [0.15, 0.2) is 5.82 Å². The normalized spacial score (nSPS) is 10.5. The first-order valence-electron chi connectivity index (χ1n) is 7.27. The molecule has 3 aromatic rings. The first-order valence-corrected chi connectivity index (χ1v) is 8.50. The van der Waals surface area contributed by atoms with Crippen molar-refractivity contribution in [2.45, 2.75) is 11.4 Å².